The number of nitrogens with zero attached hydrogens (tertiary/aromatic N) is 1. The van der Waals surface area contributed by atoms with Gasteiger partial charge in [-0.25, -0.2) is 8.42 Å². The van der Waals surface area contributed by atoms with Crippen LogP contribution in [0, 0.1) is 18.3 Å². The van der Waals surface area contributed by atoms with E-state index in [-0.39, 0.29) is 10.8 Å². The van der Waals surface area contributed by atoms with Crippen molar-refractivity contribution in [1.29, 1.82) is 0 Å². The van der Waals surface area contributed by atoms with Crippen LogP contribution in [0.1, 0.15) is 23.2 Å². The van der Waals surface area contributed by atoms with E-state index in [4.69, 9.17) is 11.2 Å². The summed E-state index contributed by atoms with van der Waals surface area (Å²) in [6.07, 6.45) is 8.07. The zero-order chi connectivity index (χ0) is 16.9. The molecule has 0 aliphatic carbocycles. The lowest BCUT2D eigenvalue weighted by Crippen LogP contribution is -2.39. The van der Waals surface area contributed by atoms with Crippen LogP contribution < -0.4 is 0 Å². The van der Waals surface area contributed by atoms with E-state index >= 15 is 0 Å². The SMILES string of the molecule is C#CCOCC1CCN(C(=O)c2ccc(S(C)(=O)=O)cc2)CC1. The minimum absolute atomic E-state index is 0.0620. The van der Waals surface area contributed by atoms with Crippen LogP contribution in [0.2, 0.25) is 0 Å². The lowest BCUT2D eigenvalue weighted by atomic mass is 9.97. The van der Waals surface area contributed by atoms with Crippen LogP contribution in [-0.2, 0) is 14.6 Å². The highest BCUT2D eigenvalue weighted by atomic mass is 32.2. The van der Waals surface area contributed by atoms with Gasteiger partial charge >= 0.3 is 0 Å². The Kier molecular flexibility index (Phi) is 5.80. The number of benzene rings is 1. The molecule has 1 aromatic rings. The highest BCUT2D eigenvalue weighted by Gasteiger charge is 2.23. The van der Waals surface area contributed by atoms with Crippen LogP contribution >= 0.6 is 0 Å². The number of piperidine rings is 1. The predicted octanol–water partition coefficient (Wildman–Crippen LogP) is 1.59. The molecule has 6 heteroatoms. The smallest absolute Gasteiger partial charge is 0.253 e. The molecule has 0 spiro atoms. The lowest BCUT2D eigenvalue weighted by molar-refractivity contribution is 0.0582. The maximum atomic E-state index is 12.4. The van der Waals surface area contributed by atoms with Crippen molar-refractivity contribution in [2.75, 3.05) is 32.6 Å². The second-order valence-corrected chi connectivity index (χ2v) is 7.77. The van der Waals surface area contributed by atoms with Crippen LogP contribution in [0.25, 0.3) is 0 Å². The number of likely N-dealkylation sites (tertiary alicyclic amines) is 1. The Morgan fingerprint density at radius 1 is 1.30 bits per heavy atom. The summed E-state index contributed by atoms with van der Waals surface area (Å²) in [4.78, 5) is 14.5. The number of hydrogen-bond donors (Lipinski definition) is 0. The van der Waals surface area contributed by atoms with Gasteiger partial charge in [0.15, 0.2) is 9.84 Å². The Morgan fingerprint density at radius 2 is 1.91 bits per heavy atom. The van der Waals surface area contributed by atoms with Crippen molar-refractivity contribution >= 4 is 15.7 Å². The number of sulfone groups is 1. The quantitative estimate of drug-likeness (QED) is 0.605. The second-order valence-electron chi connectivity index (χ2n) is 5.75. The molecule has 1 fully saturated rings. The van der Waals surface area contributed by atoms with E-state index in [1.165, 1.54) is 12.1 Å². The number of rotatable bonds is 5. The fraction of sp³-hybridized carbons (Fsp3) is 0.471. The summed E-state index contributed by atoms with van der Waals surface area (Å²) in [7, 11) is -3.24. The van der Waals surface area contributed by atoms with E-state index < -0.39 is 9.84 Å². The van der Waals surface area contributed by atoms with Crippen molar-refractivity contribution in [3.8, 4) is 12.3 Å². The molecule has 0 radical (unpaired) electrons. The molecule has 23 heavy (non-hydrogen) atoms. The minimum Gasteiger partial charge on any atom is -0.369 e. The van der Waals surface area contributed by atoms with Crippen molar-refractivity contribution in [3.63, 3.8) is 0 Å². The summed E-state index contributed by atoms with van der Waals surface area (Å²) in [5.41, 5.74) is 0.513. The van der Waals surface area contributed by atoms with Crippen molar-refractivity contribution < 1.29 is 17.9 Å². The van der Waals surface area contributed by atoms with E-state index in [9.17, 15) is 13.2 Å². The molecule has 0 bridgehead atoms. The fourth-order valence-electron chi connectivity index (χ4n) is 2.61. The first kappa shape index (κ1) is 17.5. The molecule has 0 N–H and O–H groups in total. The van der Waals surface area contributed by atoms with E-state index in [1.807, 2.05) is 0 Å². The highest BCUT2D eigenvalue weighted by molar-refractivity contribution is 7.90. The van der Waals surface area contributed by atoms with Gasteiger partial charge in [-0.05, 0) is 43.0 Å². The molecule has 0 aromatic heterocycles. The molecule has 2 rings (SSSR count). The summed E-state index contributed by atoms with van der Waals surface area (Å²) in [5, 5.41) is 0. The number of terminal acetylenes is 1. The minimum atomic E-state index is -3.24. The molecule has 5 nitrogen and oxygen atoms in total. The summed E-state index contributed by atoms with van der Waals surface area (Å²) in [6, 6.07) is 6.09. The van der Waals surface area contributed by atoms with Gasteiger partial charge in [-0.1, -0.05) is 5.92 Å². The molecule has 1 aliphatic heterocycles. The number of ether oxygens (including phenoxy) is 1. The predicted molar refractivity (Wildman–Crippen MR) is 87.8 cm³/mol. The molecule has 1 heterocycles. The molecular formula is C17H21NO4S. The molecule has 1 aromatic carbocycles. The molecule has 1 saturated heterocycles. The number of hydrogen-bond acceptors (Lipinski definition) is 4. The van der Waals surface area contributed by atoms with Gasteiger partial charge in [-0.2, -0.15) is 0 Å². The van der Waals surface area contributed by atoms with E-state index in [2.05, 4.69) is 5.92 Å². The fourth-order valence-corrected chi connectivity index (χ4v) is 3.24. The number of carbonyl (C=O) groups excluding carboxylic acids is 1. The van der Waals surface area contributed by atoms with Crippen LogP contribution in [0.3, 0.4) is 0 Å². The van der Waals surface area contributed by atoms with Crippen molar-refractivity contribution in [1.82, 2.24) is 4.90 Å². The van der Waals surface area contributed by atoms with Crippen LogP contribution in [0.4, 0.5) is 0 Å². The Balaban J connectivity index is 1.91. The van der Waals surface area contributed by atoms with Crippen LogP contribution in [0.5, 0.6) is 0 Å². The van der Waals surface area contributed by atoms with Gasteiger partial charge < -0.3 is 9.64 Å². The molecule has 124 valence electrons. The molecule has 0 unspecified atom stereocenters. The third-order valence-corrected chi connectivity index (χ3v) is 5.10. The van der Waals surface area contributed by atoms with Gasteiger partial charge in [0, 0.05) is 24.9 Å². The van der Waals surface area contributed by atoms with E-state index in [1.54, 1.807) is 17.0 Å². The lowest BCUT2D eigenvalue weighted by Gasteiger charge is -2.31. The van der Waals surface area contributed by atoms with Gasteiger partial charge in [0.05, 0.1) is 11.5 Å². The van der Waals surface area contributed by atoms with Gasteiger partial charge in [-0.3, -0.25) is 4.79 Å². The molecule has 0 saturated carbocycles. The van der Waals surface area contributed by atoms with Crippen molar-refractivity contribution in [3.05, 3.63) is 29.8 Å². The first-order valence-corrected chi connectivity index (χ1v) is 9.41. The second kappa shape index (κ2) is 7.62. The molecular weight excluding hydrogens is 314 g/mol. The van der Waals surface area contributed by atoms with E-state index in [0.717, 1.165) is 19.1 Å². The van der Waals surface area contributed by atoms with Gasteiger partial charge in [0.25, 0.3) is 5.91 Å². The first-order valence-electron chi connectivity index (χ1n) is 7.52. The van der Waals surface area contributed by atoms with Gasteiger partial charge in [0.2, 0.25) is 0 Å². The Hall–Kier alpha value is -1.84. The maximum absolute atomic E-state index is 12.4. The average molecular weight is 335 g/mol. The Labute approximate surface area is 137 Å². The van der Waals surface area contributed by atoms with Crippen LogP contribution in [-0.4, -0.2) is 51.8 Å². The maximum Gasteiger partial charge on any atom is 0.253 e. The zero-order valence-corrected chi connectivity index (χ0v) is 14.0. The monoisotopic (exact) mass is 335 g/mol. The molecule has 1 amide bonds. The summed E-state index contributed by atoms with van der Waals surface area (Å²) >= 11 is 0. The average Bonchev–Trinajstić information content (AvgIpc) is 2.54. The summed E-state index contributed by atoms with van der Waals surface area (Å²) < 4.78 is 28.2. The summed E-state index contributed by atoms with van der Waals surface area (Å²) in [6.45, 7) is 2.31. The third-order valence-electron chi connectivity index (χ3n) is 3.97. The normalized spacial score (nSPS) is 16.1. The highest BCUT2D eigenvalue weighted by Crippen LogP contribution is 2.20. The first-order chi connectivity index (χ1) is 10.9. The van der Waals surface area contributed by atoms with Crippen molar-refractivity contribution in [2.24, 2.45) is 5.92 Å². The number of carbonyl (C=O) groups is 1. The third kappa shape index (κ3) is 4.81. The van der Waals surface area contributed by atoms with Gasteiger partial charge in [-0.15, -0.1) is 6.42 Å². The Bertz CT molecular complexity index is 680. The Morgan fingerprint density at radius 3 is 2.43 bits per heavy atom. The van der Waals surface area contributed by atoms with Gasteiger partial charge in [0.1, 0.15) is 6.61 Å². The number of amides is 1. The van der Waals surface area contributed by atoms with Crippen LogP contribution in [0.15, 0.2) is 29.2 Å². The largest absolute Gasteiger partial charge is 0.369 e. The zero-order valence-electron chi connectivity index (χ0n) is 13.2. The topological polar surface area (TPSA) is 63.7 Å². The molecule has 1 aliphatic rings. The van der Waals surface area contributed by atoms with E-state index in [0.29, 0.717) is 37.8 Å². The molecule has 0 atom stereocenters. The van der Waals surface area contributed by atoms with Crippen molar-refractivity contribution in [2.45, 2.75) is 17.7 Å². The standard InChI is InChI=1S/C17H21NO4S/c1-3-12-22-13-14-8-10-18(11-9-14)17(19)15-4-6-16(7-5-15)23(2,20)21/h1,4-7,14H,8-13H2,2H3. The summed E-state index contributed by atoms with van der Waals surface area (Å²) in [5.74, 6) is 2.81.